The van der Waals surface area contributed by atoms with Crippen LogP contribution >= 0.6 is 0 Å². The molecule has 0 rings (SSSR count). The molecule has 0 saturated carbocycles. The van der Waals surface area contributed by atoms with E-state index in [2.05, 4.69) is 0 Å². The molecule has 0 heterocycles. The molecule has 0 bridgehead atoms. The average molecular weight is 321 g/mol. The third kappa shape index (κ3) is 29.4. The van der Waals surface area contributed by atoms with Crippen molar-refractivity contribution in [2.24, 2.45) is 0 Å². The zero-order valence-corrected chi connectivity index (χ0v) is 8.04. The van der Waals surface area contributed by atoms with Crippen molar-refractivity contribution in [3.63, 3.8) is 0 Å². The molecule has 5 heteroatoms. The van der Waals surface area contributed by atoms with Crippen molar-refractivity contribution in [2.45, 2.75) is 0 Å². The molecule has 32 valence electrons. The number of rotatable bonds is 0. The van der Waals surface area contributed by atoms with E-state index in [0.717, 1.165) is 41.8 Å². The van der Waals surface area contributed by atoms with Crippen molar-refractivity contribution in [1.29, 1.82) is 0 Å². The standard InChI is InChI=1S/H2O2STe2/c1-3(2,4)5/h(H2,1,2,4,5). The van der Waals surface area contributed by atoms with Crippen LogP contribution in [0, 0.1) is 0 Å². The summed E-state index contributed by atoms with van der Waals surface area (Å²) in [5, 5.41) is 0. The van der Waals surface area contributed by atoms with Gasteiger partial charge in [0.25, 0.3) is 0 Å². The van der Waals surface area contributed by atoms with Crippen LogP contribution in [0.4, 0.5) is 0 Å². The summed E-state index contributed by atoms with van der Waals surface area (Å²) in [6.45, 7) is 0. The first-order valence-corrected chi connectivity index (χ1v) is 8.35. The molecule has 0 aliphatic carbocycles. The van der Waals surface area contributed by atoms with Crippen molar-refractivity contribution in [3.8, 4) is 0 Å². The fourth-order valence-electron chi connectivity index (χ4n) is 0. The van der Waals surface area contributed by atoms with Crippen LogP contribution in [-0.2, 0) is 4.29 Å². The van der Waals surface area contributed by atoms with Gasteiger partial charge in [-0.3, -0.25) is 0 Å². The summed E-state index contributed by atoms with van der Waals surface area (Å²) in [7, 11) is 0. The van der Waals surface area contributed by atoms with Gasteiger partial charge >= 0.3 is 54.6 Å². The normalized spacial score (nSPS) is 11.6. The summed E-state index contributed by atoms with van der Waals surface area (Å²) in [4.78, 5) is 0. The first-order chi connectivity index (χ1) is 2.00. The molecule has 0 aromatic rings. The van der Waals surface area contributed by atoms with Gasteiger partial charge in [-0.05, 0) is 0 Å². The van der Waals surface area contributed by atoms with Crippen molar-refractivity contribution >= 4 is 46.1 Å². The molecular formula is H2O2STe2. The maximum atomic E-state index is 9.68. The molecule has 0 aromatic heterocycles. The second-order valence-corrected chi connectivity index (χ2v) is 17.2. The molecule has 0 N–H and O–H groups in total. The minimum atomic E-state index is -2.57. The zero-order valence-electron chi connectivity index (χ0n) is 2.12. The fraction of sp³-hybridized carbons (Fsp3) is 0. The Bertz CT molecular complexity index is 90.8. The molecule has 5 heavy (non-hydrogen) atoms. The van der Waals surface area contributed by atoms with Gasteiger partial charge in [-0.2, -0.15) is 0 Å². The summed E-state index contributed by atoms with van der Waals surface area (Å²) < 4.78 is 16.8. The van der Waals surface area contributed by atoms with E-state index in [9.17, 15) is 8.42 Å². The topological polar surface area (TPSA) is 34.1 Å². The summed E-state index contributed by atoms with van der Waals surface area (Å²) in [6.07, 6.45) is 0. The van der Waals surface area contributed by atoms with Gasteiger partial charge in [0, 0.05) is 0 Å². The van der Waals surface area contributed by atoms with Crippen LogP contribution in [0.5, 0.6) is 0 Å². The Morgan fingerprint density at radius 2 is 1.20 bits per heavy atom. The van der Waals surface area contributed by atoms with Crippen molar-refractivity contribution < 1.29 is 8.42 Å². The van der Waals surface area contributed by atoms with Crippen LogP contribution in [0.1, 0.15) is 0 Å². The predicted octanol–water partition coefficient (Wildman–Crippen LogP) is -1.97. The molecule has 0 spiro atoms. The van der Waals surface area contributed by atoms with Crippen LogP contribution in [0.25, 0.3) is 0 Å². The second kappa shape index (κ2) is 2.00. The van der Waals surface area contributed by atoms with Gasteiger partial charge in [0.2, 0.25) is 0 Å². The second-order valence-electron chi connectivity index (χ2n) is 0.448. The van der Waals surface area contributed by atoms with E-state index in [0.29, 0.717) is 0 Å². The third-order valence-electron chi connectivity index (χ3n) is 0. The number of hydrogen-bond acceptors (Lipinski definition) is 2. The molecule has 0 saturated heterocycles. The molecule has 0 aliphatic heterocycles. The van der Waals surface area contributed by atoms with Gasteiger partial charge in [0.15, 0.2) is 0 Å². The van der Waals surface area contributed by atoms with E-state index in [-0.39, 0.29) is 0 Å². The van der Waals surface area contributed by atoms with Gasteiger partial charge in [-0.15, -0.1) is 0 Å². The molecule has 2 nitrogen and oxygen atoms in total. The Labute approximate surface area is 54.0 Å². The fourth-order valence-corrected chi connectivity index (χ4v) is 0. The van der Waals surface area contributed by atoms with Crippen molar-refractivity contribution in [1.82, 2.24) is 0 Å². The zero-order chi connectivity index (χ0) is 4.50. The van der Waals surface area contributed by atoms with Crippen LogP contribution in [0.2, 0.25) is 0 Å². The summed E-state index contributed by atoms with van der Waals surface area (Å²) in [5.41, 5.74) is 0. The molecule has 0 aromatic carbocycles. The van der Waals surface area contributed by atoms with E-state index in [1.54, 1.807) is 0 Å². The Kier molecular flexibility index (Phi) is 2.61. The van der Waals surface area contributed by atoms with E-state index < -0.39 is 4.29 Å². The molecule has 0 fully saturated rings. The van der Waals surface area contributed by atoms with Crippen molar-refractivity contribution in [3.05, 3.63) is 0 Å². The molecule has 0 atom stereocenters. The Morgan fingerprint density at radius 1 is 1.20 bits per heavy atom. The number of hydrogen-bond donors (Lipinski definition) is 0. The first-order valence-electron chi connectivity index (χ1n) is 0.698. The summed E-state index contributed by atoms with van der Waals surface area (Å²) >= 11 is 1.73. The Hall–Kier alpha value is 1.53. The quantitative estimate of drug-likeness (QED) is 0.485. The van der Waals surface area contributed by atoms with Gasteiger partial charge in [0.05, 0.1) is 0 Å². The monoisotopic (exact) mass is 326 g/mol. The SMILES string of the molecule is O=S(=O)([TeH])[TeH]. The summed E-state index contributed by atoms with van der Waals surface area (Å²) in [5.74, 6) is 0. The van der Waals surface area contributed by atoms with Crippen LogP contribution in [0.3, 0.4) is 0 Å². The minimum absolute atomic E-state index is 0.865. The van der Waals surface area contributed by atoms with Crippen LogP contribution in [-0.4, -0.2) is 50.3 Å². The molecular weight excluding hydrogens is 319 g/mol. The average Bonchev–Trinajstić information content (AvgIpc) is 0.722. The molecule has 0 amide bonds. The van der Waals surface area contributed by atoms with E-state index in [1.165, 1.54) is 0 Å². The van der Waals surface area contributed by atoms with Gasteiger partial charge in [-0.1, -0.05) is 0 Å². The maximum absolute atomic E-state index is 9.68. The molecule has 0 aliphatic rings. The van der Waals surface area contributed by atoms with Gasteiger partial charge in [0.1, 0.15) is 0 Å². The first kappa shape index (κ1) is 6.53. The Morgan fingerprint density at radius 3 is 1.20 bits per heavy atom. The van der Waals surface area contributed by atoms with Crippen LogP contribution < -0.4 is 0 Å². The van der Waals surface area contributed by atoms with Gasteiger partial charge < -0.3 is 0 Å². The summed E-state index contributed by atoms with van der Waals surface area (Å²) in [6, 6.07) is 0. The predicted molar refractivity (Wildman–Crippen MR) is 23.2 cm³/mol. The Balaban J connectivity index is 4.06. The van der Waals surface area contributed by atoms with E-state index in [1.807, 2.05) is 0 Å². The van der Waals surface area contributed by atoms with Gasteiger partial charge in [-0.25, -0.2) is 0 Å². The van der Waals surface area contributed by atoms with Crippen LogP contribution in [0.15, 0.2) is 0 Å². The molecule has 0 radical (unpaired) electrons. The third-order valence-corrected chi connectivity index (χ3v) is 0. The molecule has 0 unspecified atom stereocenters. The van der Waals surface area contributed by atoms with E-state index in [4.69, 9.17) is 0 Å². The van der Waals surface area contributed by atoms with Crippen molar-refractivity contribution in [2.75, 3.05) is 0 Å². The van der Waals surface area contributed by atoms with E-state index >= 15 is 0 Å².